The van der Waals surface area contributed by atoms with Crippen molar-refractivity contribution in [1.29, 1.82) is 0 Å². The van der Waals surface area contributed by atoms with Crippen LogP contribution >= 0.6 is 15.9 Å². The standard InChI is InChI=1S/C17H21BrN4O3/c1-11(2)9-22(10-16(23)20-15-8-12(3)25-21-15)17(24)19-14-7-5-4-6-13(14)18/h4-8,11H,9-10H2,1-3H3,(H,19,24)(H,20,21,23). The number of hydrogen-bond donors (Lipinski definition) is 2. The van der Waals surface area contributed by atoms with Gasteiger partial charge in [-0.25, -0.2) is 4.79 Å². The summed E-state index contributed by atoms with van der Waals surface area (Å²) in [5.74, 6) is 0.808. The molecule has 2 aromatic rings. The first-order valence-corrected chi connectivity index (χ1v) is 8.68. The number of amides is 3. The lowest BCUT2D eigenvalue weighted by atomic mass is 10.2. The topological polar surface area (TPSA) is 87.5 Å². The molecule has 134 valence electrons. The van der Waals surface area contributed by atoms with E-state index in [0.717, 1.165) is 4.47 Å². The van der Waals surface area contributed by atoms with Crippen LogP contribution in [0.25, 0.3) is 0 Å². The predicted molar refractivity (Wildman–Crippen MR) is 99.4 cm³/mol. The Hall–Kier alpha value is -2.35. The zero-order valence-corrected chi connectivity index (χ0v) is 16.0. The Morgan fingerprint density at radius 3 is 2.60 bits per heavy atom. The predicted octanol–water partition coefficient (Wildman–Crippen LogP) is 3.87. The number of aryl methyl sites for hydroxylation is 1. The summed E-state index contributed by atoms with van der Waals surface area (Å²) in [7, 11) is 0. The summed E-state index contributed by atoms with van der Waals surface area (Å²) >= 11 is 3.39. The van der Waals surface area contributed by atoms with E-state index in [2.05, 4.69) is 31.7 Å². The number of halogens is 1. The molecule has 0 spiro atoms. The molecule has 8 heteroatoms. The minimum absolute atomic E-state index is 0.0830. The molecular weight excluding hydrogens is 388 g/mol. The van der Waals surface area contributed by atoms with Gasteiger partial charge in [-0.1, -0.05) is 31.1 Å². The Morgan fingerprint density at radius 1 is 1.28 bits per heavy atom. The van der Waals surface area contributed by atoms with Gasteiger partial charge in [0, 0.05) is 17.1 Å². The zero-order chi connectivity index (χ0) is 18.4. The highest BCUT2D eigenvalue weighted by atomic mass is 79.9. The number of carbonyl (C=O) groups is 2. The fourth-order valence-electron chi connectivity index (χ4n) is 2.20. The van der Waals surface area contributed by atoms with Crippen molar-refractivity contribution in [2.75, 3.05) is 23.7 Å². The number of anilines is 2. The van der Waals surface area contributed by atoms with Crippen LogP contribution in [0, 0.1) is 12.8 Å². The zero-order valence-electron chi connectivity index (χ0n) is 14.4. The van der Waals surface area contributed by atoms with Crippen molar-refractivity contribution in [2.24, 2.45) is 5.92 Å². The number of nitrogens with zero attached hydrogens (tertiary/aromatic N) is 2. The molecule has 1 aromatic heterocycles. The molecule has 7 nitrogen and oxygen atoms in total. The normalized spacial score (nSPS) is 10.6. The molecule has 0 aliphatic carbocycles. The highest BCUT2D eigenvalue weighted by Gasteiger charge is 2.20. The second kappa shape index (κ2) is 8.66. The molecule has 25 heavy (non-hydrogen) atoms. The minimum atomic E-state index is -0.341. The summed E-state index contributed by atoms with van der Waals surface area (Å²) in [5.41, 5.74) is 0.647. The van der Waals surface area contributed by atoms with Crippen LogP contribution in [0.3, 0.4) is 0 Å². The second-order valence-electron chi connectivity index (χ2n) is 6.06. The molecule has 0 aliphatic heterocycles. The SMILES string of the molecule is Cc1cc(NC(=O)CN(CC(C)C)C(=O)Nc2ccccc2Br)no1. The van der Waals surface area contributed by atoms with Crippen LogP contribution in [0.2, 0.25) is 0 Å². The van der Waals surface area contributed by atoms with E-state index in [1.807, 2.05) is 32.0 Å². The molecule has 0 saturated heterocycles. The minimum Gasteiger partial charge on any atom is -0.360 e. The van der Waals surface area contributed by atoms with Gasteiger partial charge in [0.1, 0.15) is 12.3 Å². The van der Waals surface area contributed by atoms with E-state index in [4.69, 9.17) is 4.52 Å². The van der Waals surface area contributed by atoms with E-state index in [1.165, 1.54) is 4.90 Å². The third-order valence-electron chi connectivity index (χ3n) is 3.22. The lowest BCUT2D eigenvalue weighted by Crippen LogP contribution is -2.42. The van der Waals surface area contributed by atoms with E-state index in [9.17, 15) is 9.59 Å². The second-order valence-corrected chi connectivity index (χ2v) is 6.91. The highest BCUT2D eigenvalue weighted by Crippen LogP contribution is 2.21. The van der Waals surface area contributed by atoms with Crippen LogP contribution in [-0.2, 0) is 4.79 Å². The van der Waals surface area contributed by atoms with Crippen LogP contribution in [0.5, 0.6) is 0 Å². The van der Waals surface area contributed by atoms with Crippen molar-refractivity contribution in [3.05, 3.63) is 40.6 Å². The first-order valence-electron chi connectivity index (χ1n) is 7.88. The quantitative estimate of drug-likeness (QED) is 0.758. The Bertz CT molecular complexity index is 745. The lowest BCUT2D eigenvalue weighted by molar-refractivity contribution is -0.116. The molecule has 0 radical (unpaired) electrons. The van der Waals surface area contributed by atoms with Gasteiger partial charge in [-0.05, 0) is 40.9 Å². The van der Waals surface area contributed by atoms with Gasteiger partial charge in [-0.3, -0.25) is 4.79 Å². The van der Waals surface area contributed by atoms with Crippen molar-refractivity contribution in [1.82, 2.24) is 10.1 Å². The van der Waals surface area contributed by atoms with Gasteiger partial charge in [-0.15, -0.1) is 0 Å². The molecule has 2 rings (SSSR count). The van der Waals surface area contributed by atoms with E-state index in [0.29, 0.717) is 23.8 Å². The Morgan fingerprint density at radius 2 is 2.00 bits per heavy atom. The van der Waals surface area contributed by atoms with Gasteiger partial charge in [0.05, 0.1) is 5.69 Å². The highest BCUT2D eigenvalue weighted by molar-refractivity contribution is 9.10. The summed E-state index contributed by atoms with van der Waals surface area (Å²) in [6, 6.07) is 8.58. The molecule has 0 atom stereocenters. The van der Waals surface area contributed by atoms with Crippen molar-refractivity contribution in [3.63, 3.8) is 0 Å². The summed E-state index contributed by atoms with van der Waals surface area (Å²) in [6.07, 6.45) is 0. The molecule has 0 saturated carbocycles. The largest absolute Gasteiger partial charge is 0.360 e. The van der Waals surface area contributed by atoms with E-state index in [-0.39, 0.29) is 24.4 Å². The number of aromatic nitrogens is 1. The molecule has 0 aliphatic rings. The van der Waals surface area contributed by atoms with Crippen LogP contribution in [-0.4, -0.2) is 35.1 Å². The van der Waals surface area contributed by atoms with Gasteiger partial charge < -0.3 is 20.1 Å². The molecule has 3 amide bonds. The number of urea groups is 1. The number of para-hydroxylation sites is 1. The van der Waals surface area contributed by atoms with Crippen molar-refractivity contribution < 1.29 is 14.1 Å². The lowest BCUT2D eigenvalue weighted by Gasteiger charge is -2.24. The van der Waals surface area contributed by atoms with Crippen LogP contribution in [0.15, 0.2) is 39.3 Å². The monoisotopic (exact) mass is 408 g/mol. The number of nitrogens with one attached hydrogen (secondary N) is 2. The van der Waals surface area contributed by atoms with Gasteiger partial charge in [0.2, 0.25) is 5.91 Å². The molecule has 0 unspecified atom stereocenters. The van der Waals surface area contributed by atoms with Crippen molar-refractivity contribution in [3.8, 4) is 0 Å². The number of rotatable bonds is 6. The first-order chi connectivity index (χ1) is 11.8. The molecule has 1 heterocycles. The van der Waals surface area contributed by atoms with Crippen LogP contribution in [0.4, 0.5) is 16.3 Å². The van der Waals surface area contributed by atoms with Crippen molar-refractivity contribution >= 4 is 39.4 Å². The smallest absolute Gasteiger partial charge is 0.322 e. The van der Waals surface area contributed by atoms with Crippen LogP contribution < -0.4 is 10.6 Å². The summed E-state index contributed by atoms with van der Waals surface area (Å²) in [4.78, 5) is 26.3. The first kappa shape index (κ1) is 19.0. The van der Waals surface area contributed by atoms with E-state index in [1.54, 1.807) is 19.1 Å². The maximum absolute atomic E-state index is 12.6. The van der Waals surface area contributed by atoms with E-state index >= 15 is 0 Å². The van der Waals surface area contributed by atoms with Gasteiger partial charge >= 0.3 is 6.03 Å². The van der Waals surface area contributed by atoms with Gasteiger partial charge in [0.25, 0.3) is 0 Å². The summed E-state index contributed by atoms with van der Waals surface area (Å²) < 4.78 is 5.69. The molecule has 0 bridgehead atoms. The Kier molecular flexibility index (Phi) is 6.58. The maximum atomic E-state index is 12.6. The van der Waals surface area contributed by atoms with Crippen molar-refractivity contribution in [2.45, 2.75) is 20.8 Å². The molecule has 1 aromatic carbocycles. The number of benzene rings is 1. The van der Waals surface area contributed by atoms with E-state index < -0.39 is 0 Å². The average Bonchev–Trinajstić information content (AvgIpc) is 2.93. The van der Waals surface area contributed by atoms with Gasteiger partial charge in [0.15, 0.2) is 5.82 Å². The molecule has 0 fully saturated rings. The third kappa shape index (κ3) is 5.90. The fraction of sp³-hybridized carbons (Fsp3) is 0.353. The Balaban J connectivity index is 2.03. The average molecular weight is 409 g/mol. The fourth-order valence-corrected chi connectivity index (χ4v) is 2.58. The van der Waals surface area contributed by atoms with Gasteiger partial charge in [-0.2, -0.15) is 0 Å². The molecule has 2 N–H and O–H groups in total. The number of hydrogen-bond acceptors (Lipinski definition) is 4. The summed E-state index contributed by atoms with van der Waals surface area (Å²) in [6.45, 7) is 6.07. The molecular formula is C17H21BrN4O3. The van der Waals surface area contributed by atoms with Crippen LogP contribution in [0.1, 0.15) is 19.6 Å². The maximum Gasteiger partial charge on any atom is 0.322 e. The number of carbonyl (C=O) groups excluding carboxylic acids is 2. The third-order valence-corrected chi connectivity index (χ3v) is 3.91. The summed E-state index contributed by atoms with van der Waals surface area (Å²) in [5, 5.41) is 9.15. The Labute approximate surface area is 154 Å².